The van der Waals surface area contributed by atoms with Crippen LogP contribution in [0.1, 0.15) is 37.7 Å². The third-order valence-corrected chi connectivity index (χ3v) is 6.07. The van der Waals surface area contributed by atoms with Crippen molar-refractivity contribution in [2.75, 3.05) is 14.1 Å². The first-order chi connectivity index (χ1) is 10.4. The van der Waals surface area contributed by atoms with Crippen LogP contribution < -0.4 is 5.32 Å². The van der Waals surface area contributed by atoms with Gasteiger partial charge in [0.2, 0.25) is 15.9 Å². The molecule has 0 spiro atoms. The van der Waals surface area contributed by atoms with Crippen molar-refractivity contribution >= 4 is 15.9 Å². The largest absolute Gasteiger partial charge is 0.352 e. The summed E-state index contributed by atoms with van der Waals surface area (Å²) >= 11 is 0. The molecule has 0 unspecified atom stereocenters. The zero-order chi connectivity index (χ0) is 16.2. The third kappa shape index (κ3) is 4.08. The van der Waals surface area contributed by atoms with Gasteiger partial charge in [-0.15, -0.1) is 0 Å². The first-order valence-electron chi connectivity index (χ1n) is 7.68. The van der Waals surface area contributed by atoms with Crippen molar-refractivity contribution in [2.45, 2.75) is 43.5 Å². The van der Waals surface area contributed by atoms with Crippen LogP contribution in [-0.2, 0) is 21.4 Å². The van der Waals surface area contributed by atoms with Gasteiger partial charge >= 0.3 is 0 Å². The summed E-state index contributed by atoms with van der Waals surface area (Å²) in [6.45, 7) is 0.245. The second kappa shape index (κ2) is 7.24. The molecular formula is C16H24N2O3S. The maximum atomic E-state index is 12.3. The van der Waals surface area contributed by atoms with Crippen LogP contribution in [0.3, 0.4) is 0 Å². The molecule has 1 aliphatic rings. The van der Waals surface area contributed by atoms with Gasteiger partial charge in [-0.3, -0.25) is 4.79 Å². The molecule has 5 nitrogen and oxygen atoms in total. The smallest absolute Gasteiger partial charge is 0.242 e. The zero-order valence-electron chi connectivity index (χ0n) is 13.2. The Balaban J connectivity index is 2.02. The molecule has 0 aliphatic heterocycles. The molecule has 1 fully saturated rings. The van der Waals surface area contributed by atoms with E-state index in [4.69, 9.17) is 0 Å². The van der Waals surface area contributed by atoms with Gasteiger partial charge in [-0.25, -0.2) is 12.7 Å². The monoisotopic (exact) mass is 324 g/mol. The van der Waals surface area contributed by atoms with E-state index in [1.165, 1.54) is 31.2 Å². The summed E-state index contributed by atoms with van der Waals surface area (Å²) in [6, 6.07) is 6.80. The second-order valence-electron chi connectivity index (χ2n) is 6.03. The van der Waals surface area contributed by atoms with Gasteiger partial charge < -0.3 is 5.32 Å². The Labute approximate surface area is 132 Å². The highest BCUT2D eigenvalue weighted by molar-refractivity contribution is 7.89. The first-order valence-corrected chi connectivity index (χ1v) is 9.12. The van der Waals surface area contributed by atoms with Gasteiger partial charge in [-0.1, -0.05) is 31.0 Å². The van der Waals surface area contributed by atoms with E-state index in [2.05, 4.69) is 5.32 Å². The minimum atomic E-state index is -3.50. The molecule has 1 N–H and O–H groups in total. The van der Waals surface area contributed by atoms with Crippen molar-refractivity contribution in [3.8, 4) is 0 Å². The lowest BCUT2D eigenvalue weighted by Crippen LogP contribution is -2.27. The Bertz CT molecular complexity index is 620. The lowest BCUT2D eigenvalue weighted by atomic mass is 10.0. The number of nitrogens with one attached hydrogen (secondary N) is 1. The third-order valence-electron chi connectivity index (χ3n) is 4.16. The Kier molecular flexibility index (Phi) is 5.58. The fourth-order valence-electron chi connectivity index (χ4n) is 2.84. The number of nitrogens with zero attached hydrogens (tertiary/aromatic N) is 1. The summed E-state index contributed by atoms with van der Waals surface area (Å²) in [4.78, 5) is 12.2. The van der Waals surface area contributed by atoms with E-state index in [0.29, 0.717) is 17.9 Å². The van der Waals surface area contributed by atoms with E-state index >= 15 is 0 Å². The van der Waals surface area contributed by atoms with E-state index in [1.54, 1.807) is 24.3 Å². The molecule has 2 rings (SSSR count). The predicted molar refractivity (Wildman–Crippen MR) is 85.7 cm³/mol. The van der Waals surface area contributed by atoms with Crippen molar-refractivity contribution in [2.24, 2.45) is 5.92 Å². The Hall–Kier alpha value is -1.40. The molecule has 1 aliphatic carbocycles. The quantitative estimate of drug-likeness (QED) is 0.872. The fourth-order valence-corrected chi connectivity index (χ4v) is 3.96. The summed E-state index contributed by atoms with van der Waals surface area (Å²) < 4.78 is 25.8. The number of amides is 1. The molecule has 1 aromatic rings. The standard InChI is InChI=1S/C16H24N2O3S/c1-18(2)22(20,21)15-10-6-5-9-14(15)12-17-16(19)11-13-7-3-4-8-13/h5-6,9-10,13H,3-4,7-8,11-12H2,1-2H3,(H,17,19). The number of carbonyl (C=O) groups excluding carboxylic acids is 1. The summed E-state index contributed by atoms with van der Waals surface area (Å²) in [5.74, 6) is 0.490. The van der Waals surface area contributed by atoms with Crippen molar-refractivity contribution < 1.29 is 13.2 Å². The topological polar surface area (TPSA) is 66.5 Å². The lowest BCUT2D eigenvalue weighted by Gasteiger charge is -2.16. The molecular weight excluding hydrogens is 300 g/mol. The molecule has 122 valence electrons. The maximum Gasteiger partial charge on any atom is 0.242 e. The molecule has 1 saturated carbocycles. The fraction of sp³-hybridized carbons (Fsp3) is 0.562. The SMILES string of the molecule is CN(C)S(=O)(=O)c1ccccc1CNC(=O)CC1CCCC1. The number of benzene rings is 1. The Morgan fingerprint density at radius 2 is 1.86 bits per heavy atom. The van der Waals surface area contributed by atoms with Gasteiger partial charge in [0.25, 0.3) is 0 Å². The van der Waals surface area contributed by atoms with Gasteiger partial charge in [0.15, 0.2) is 0 Å². The van der Waals surface area contributed by atoms with Crippen molar-refractivity contribution in [3.63, 3.8) is 0 Å². The summed E-state index contributed by atoms with van der Waals surface area (Å²) in [5, 5.41) is 2.86. The second-order valence-corrected chi connectivity index (χ2v) is 8.15. The van der Waals surface area contributed by atoms with Crippen LogP contribution in [0.4, 0.5) is 0 Å². The highest BCUT2D eigenvalue weighted by Gasteiger charge is 2.22. The van der Waals surface area contributed by atoms with Crippen LogP contribution in [-0.4, -0.2) is 32.7 Å². The average molecular weight is 324 g/mol. The van der Waals surface area contributed by atoms with Crippen LogP contribution in [0.5, 0.6) is 0 Å². The zero-order valence-corrected chi connectivity index (χ0v) is 14.0. The predicted octanol–water partition coefficient (Wildman–Crippen LogP) is 2.13. The molecule has 1 aromatic carbocycles. The Morgan fingerprint density at radius 1 is 1.23 bits per heavy atom. The number of carbonyl (C=O) groups is 1. The molecule has 22 heavy (non-hydrogen) atoms. The maximum absolute atomic E-state index is 12.3. The van der Waals surface area contributed by atoms with E-state index in [-0.39, 0.29) is 17.3 Å². The van der Waals surface area contributed by atoms with Crippen LogP contribution in [0.25, 0.3) is 0 Å². The van der Waals surface area contributed by atoms with Gasteiger partial charge in [0.05, 0.1) is 4.90 Å². The van der Waals surface area contributed by atoms with Gasteiger partial charge in [-0.05, 0) is 30.4 Å². The van der Waals surface area contributed by atoms with E-state index in [9.17, 15) is 13.2 Å². The summed E-state index contributed by atoms with van der Waals surface area (Å²) in [6.07, 6.45) is 5.21. The van der Waals surface area contributed by atoms with Crippen molar-refractivity contribution in [1.82, 2.24) is 9.62 Å². The van der Waals surface area contributed by atoms with Crippen molar-refractivity contribution in [1.29, 1.82) is 0 Å². The van der Waals surface area contributed by atoms with Crippen LogP contribution in [0.2, 0.25) is 0 Å². The number of hydrogen-bond donors (Lipinski definition) is 1. The molecule has 6 heteroatoms. The van der Waals surface area contributed by atoms with Crippen LogP contribution in [0, 0.1) is 5.92 Å². The van der Waals surface area contributed by atoms with Crippen LogP contribution >= 0.6 is 0 Å². The molecule has 0 heterocycles. The molecule has 1 amide bonds. The average Bonchev–Trinajstić information content (AvgIpc) is 2.98. The lowest BCUT2D eigenvalue weighted by molar-refractivity contribution is -0.122. The highest BCUT2D eigenvalue weighted by Crippen LogP contribution is 2.27. The van der Waals surface area contributed by atoms with E-state index < -0.39 is 10.0 Å². The molecule has 0 bridgehead atoms. The number of sulfonamides is 1. The number of hydrogen-bond acceptors (Lipinski definition) is 3. The normalized spacial score (nSPS) is 16.1. The summed E-state index contributed by atoms with van der Waals surface area (Å²) in [7, 11) is -0.486. The van der Waals surface area contributed by atoms with E-state index in [0.717, 1.165) is 12.8 Å². The van der Waals surface area contributed by atoms with Crippen LogP contribution in [0.15, 0.2) is 29.2 Å². The minimum Gasteiger partial charge on any atom is -0.352 e. The molecule has 0 atom stereocenters. The van der Waals surface area contributed by atoms with Gasteiger partial charge in [0.1, 0.15) is 0 Å². The van der Waals surface area contributed by atoms with E-state index in [1.807, 2.05) is 0 Å². The molecule has 0 saturated heterocycles. The van der Waals surface area contributed by atoms with Gasteiger partial charge in [0, 0.05) is 27.1 Å². The first kappa shape index (κ1) is 17.0. The van der Waals surface area contributed by atoms with Gasteiger partial charge in [-0.2, -0.15) is 0 Å². The highest BCUT2D eigenvalue weighted by atomic mass is 32.2. The number of rotatable bonds is 6. The van der Waals surface area contributed by atoms with Crippen molar-refractivity contribution in [3.05, 3.63) is 29.8 Å². The Morgan fingerprint density at radius 3 is 2.50 bits per heavy atom. The molecule has 0 aromatic heterocycles. The minimum absolute atomic E-state index is 0.00366. The molecule has 0 radical (unpaired) electrons. The summed E-state index contributed by atoms with van der Waals surface area (Å²) in [5.41, 5.74) is 0.621.